The summed E-state index contributed by atoms with van der Waals surface area (Å²) in [6.07, 6.45) is -3.19. The van der Waals surface area contributed by atoms with Crippen molar-refractivity contribution < 1.29 is 21.6 Å². The summed E-state index contributed by atoms with van der Waals surface area (Å²) < 4.78 is 63.0. The summed E-state index contributed by atoms with van der Waals surface area (Å²) in [4.78, 5) is 0. The minimum atomic E-state index is -4.21. The van der Waals surface area contributed by atoms with Crippen LogP contribution in [0.4, 0.5) is 13.2 Å². The quantitative estimate of drug-likeness (QED) is 0.729. The van der Waals surface area contributed by atoms with Crippen molar-refractivity contribution in [1.82, 2.24) is 9.62 Å². The molecule has 1 saturated heterocycles. The lowest BCUT2D eigenvalue weighted by molar-refractivity contribution is -0.182. The summed E-state index contributed by atoms with van der Waals surface area (Å²) in [6, 6.07) is 0.364. The number of unbranched alkanes of at least 4 members (excludes halogenated alkanes) is 1. The Morgan fingerprint density at radius 2 is 1.76 bits per heavy atom. The number of piperidine rings is 1. The summed E-state index contributed by atoms with van der Waals surface area (Å²) in [5, 5.41) is 3.20. The summed E-state index contributed by atoms with van der Waals surface area (Å²) in [6.45, 7) is 4.75. The molecule has 1 aliphatic rings. The van der Waals surface area contributed by atoms with Crippen molar-refractivity contribution in [1.29, 1.82) is 0 Å². The van der Waals surface area contributed by atoms with Gasteiger partial charge in [0.25, 0.3) is 0 Å². The first kappa shape index (κ1) is 18.7. The molecule has 1 heterocycles. The highest BCUT2D eigenvalue weighted by Crippen LogP contribution is 2.34. The van der Waals surface area contributed by atoms with E-state index < -0.39 is 22.1 Å². The zero-order chi connectivity index (χ0) is 16.1. The number of nitrogens with one attached hydrogen (secondary N) is 1. The topological polar surface area (TPSA) is 49.4 Å². The second-order valence-electron chi connectivity index (χ2n) is 5.85. The molecule has 4 nitrogen and oxygen atoms in total. The SMILES string of the molecule is CC(C)NCCCCS(=O)(=O)N1CCC(C(F)(F)F)CC1. The fourth-order valence-electron chi connectivity index (χ4n) is 2.39. The summed E-state index contributed by atoms with van der Waals surface area (Å²) in [5.41, 5.74) is 0. The molecule has 126 valence electrons. The maximum absolute atomic E-state index is 12.5. The molecule has 8 heteroatoms. The van der Waals surface area contributed by atoms with E-state index in [-0.39, 0.29) is 31.7 Å². The minimum Gasteiger partial charge on any atom is -0.315 e. The predicted octanol–water partition coefficient (Wildman–Crippen LogP) is 2.37. The number of alkyl halides is 3. The van der Waals surface area contributed by atoms with E-state index in [2.05, 4.69) is 5.32 Å². The number of hydrogen-bond acceptors (Lipinski definition) is 3. The van der Waals surface area contributed by atoms with Gasteiger partial charge in [-0.05, 0) is 32.2 Å². The van der Waals surface area contributed by atoms with Crippen LogP contribution in [0.3, 0.4) is 0 Å². The zero-order valence-corrected chi connectivity index (χ0v) is 13.4. The van der Waals surface area contributed by atoms with Gasteiger partial charge >= 0.3 is 6.18 Å². The van der Waals surface area contributed by atoms with Gasteiger partial charge in [-0.25, -0.2) is 12.7 Å². The number of sulfonamides is 1. The first-order valence-corrected chi connectivity index (χ1v) is 9.02. The Morgan fingerprint density at radius 3 is 2.24 bits per heavy atom. The highest BCUT2D eigenvalue weighted by atomic mass is 32.2. The molecule has 0 unspecified atom stereocenters. The second-order valence-corrected chi connectivity index (χ2v) is 7.94. The van der Waals surface area contributed by atoms with Crippen LogP contribution in [-0.2, 0) is 10.0 Å². The van der Waals surface area contributed by atoms with Crippen LogP contribution in [0.25, 0.3) is 0 Å². The average Bonchev–Trinajstić information content (AvgIpc) is 2.37. The van der Waals surface area contributed by atoms with Gasteiger partial charge in [-0.15, -0.1) is 0 Å². The van der Waals surface area contributed by atoms with Crippen molar-refractivity contribution in [3.8, 4) is 0 Å². The van der Waals surface area contributed by atoms with Crippen molar-refractivity contribution in [2.45, 2.75) is 51.7 Å². The van der Waals surface area contributed by atoms with E-state index in [1.165, 1.54) is 4.31 Å². The Morgan fingerprint density at radius 1 is 1.19 bits per heavy atom. The van der Waals surface area contributed by atoms with Gasteiger partial charge in [0.2, 0.25) is 10.0 Å². The van der Waals surface area contributed by atoms with E-state index in [0.717, 1.165) is 13.0 Å². The van der Waals surface area contributed by atoms with Gasteiger partial charge in [-0.2, -0.15) is 13.2 Å². The van der Waals surface area contributed by atoms with Gasteiger partial charge in [-0.3, -0.25) is 0 Å². The van der Waals surface area contributed by atoms with E-state index in [1.54, 1.807) is 0 Å². The molecule has 0 amide bonds. The number of halogens is 3. The molecule has 0 radical (unpaired) electrons. The van der Waals surface area contributed by atoms with Crippen molar-refractivity contribution in [3.05, 3.63) is 0 Å². The lowest BCUT2D eigenvalue weighted by Gasteiger charge is -2.32. The average molecular weight is 330 g/mol. The molecule has 0 atom stereocenters. The van der Waals surface area contributed by atoms with E-state index in [0.29, 0.717) is 12.5 Å². The smallest absolute Gasteiger partial charge is 0.315 e. The van der Waals surface area contributed by atoms with Gasteiger partial charge in [0, 0.05) is 19.1 Å². The monoisotopic (exact) mass is 330 g/mol. The molecule has 0 bridgehead atoms. The Balaban J connectivity index is 2.33. The van der Waals surface area contributed by atoms with Crippen LogP contribution in [-0.4, -0.2) is 50.3 Å². The van der Waals surface area contributed by atoms with Crippen LogP contribution < -0.4 is 5.32 Å². The second kappa shape index (κ2) is 7.78. The van der Waals surface area contributed by atoms with Crippen molar-refractivity contribution in [2.75, 3.05) is 25.4 Å². The van der Waals surface area contributed by atoms with E-state index in [4.69, 9.17) is 0 Å². The highest BCUT2D eigenvalue weighted by Gasteiger charge is 2.42. The molecule has 0 aromatic carbocycles. The van der Waals surface area contributed by atoms with Crippen LogP contribution in [0.15, 0.2) is 0 Å². The van der Waals surface area contributed by atoms with Crippen molar-refractivity contribution >= 4 is 10.0 Å². The maximum atomic E-state index is 12.5. The molecule has 0 aromatic rings. The highest BCUT2D eigenvalue weighted by molar-refractivity contribution is 7.89. The largest absolute Gasteiger partial charge is 0.391 e. The van der Waals surface area contributed by atoms with Crippen LogP contribution in [0, 0.1) is 5.92 Å². The Hall–Kier alpha value is -0.340. The van der Waals surface area contributed by atoms with Gasteiger partial charge in [0.05, 0.1) is 11.7 Å². The maximum Gasteiger partial charge on any atom is 0.391 e. The summed E-state index contributed by atoms with van der Waals surface area (Å²) in [5.74, 6) is -1.34. The first-order chi connectivity index (χ1) is 9.63. The van der Waals surface area contributed by atoms with Crippen LogP contribution in [0.1, 0.15) is 39.5 Å². The molecular weight excluding hydrogens is 305 g/mol. The van der Waals surface area contributed by atoms with Gasteiger partial charge in [-0.1, -0.05) is 13.8 Å². The number of nitrogens with zero attached hydrogens (tertiary/aromatic N) is 1. The molecule has 0 saturated carbocycles. The number of hydrogen-bond donors (Lipinski definition) is 1. The summed E-state index contributed by atoms with van der Waals surface area (Å²) >= 11 is 0. The molecule has 0 spiro atoms. The van der Waals surface area contributed by atoms with E-state index in [9.17, 15) is 21.6 Å². The molecule has 1 aliphatic heterocycles. The lowest BCUT2D eigenvalue weighted by atomic mass is 9.98. The van der Waals surface area contributed by atoms with Gasteiger partial charge < -0.3 is 5.32 Å². The van der Waals surface area contributed by atoms with E-state index in [1.807, 2.05) is 13.8 Å². The molecule has 1 fully saturated rings. The Bertz CT molecular complexity index is 402. The first-order valence-electron chi connectivity index (χ1n) is 7.41. The third-order valence-electron chi connectivity index (χ3n) is 3.69. The Kier molecular flexibility index (Phi) is 6.93. The van der Waals surface area contributed by atoms with Gasteiger partial charge in [0.15, 0.2) is 0 Å². The minimum absolute atomic E-state index is 0.0171. The lowest BCUT2D eigenvalue weighted by Crippen LogP contribution is -2.43. The molecular formula is C13H25F3N2O2S. The van der Waals surface area contributed by atoms with E-state index >= 15 is 0 Å². The normalized spacial score (nSPS) is 19.3. The molecule has 0 aromatic heterocycles. The fraction of sp³-hybridized carbons (Fsp3) is 1.00. The third kappa shape index (κ3) is 6.52. The van der Waals surface area contributed by atoms with Crippen LogP contribution >= 0.6 is 0 Å². The standard InChI is InChI=1S/C13H25F3N2O2S/c1-11(2)17-7-3-4-10-21(19,20)18-8-5-12(6-9-18)13(14,15)16/h11-12,17H,3-10H2,1-2H3. The summed E-state index contributed by atoms with van der Waals surface area (Å²) in [7, 11) is -3.41. The molecule has 1 rings (SSSR count). The van der Waals surface area contributed by atoms with Crippen molar-refractivity contribution in [2.24, 2.45) is 5.92 Å². The number of rotatable bonds is 7. The Labute approximate surface area is 125 Å². The molecule has 0 aliphatic carbocycles. The van der Waals surface area contributed by atoms with Gasteiger partial charge in [0.1, 0.15) is 0 Å². The molecule has 1 N–H and O–H groups in total. The predicted molar refractivity (Wildman–Crippen MR) is 76.5 cm³/mol. The van der Waals surface area contributed by atoms with Crippen LogP contribution in [0.2, 0.25) is 0 Å². The third-order valence-corrected chi connectivity index (χ3v) is 5.65. The fourth-order valence-corrected chi connectivity index (χ4v) is 3.98. The molecule has 21 heavy (non-hydrogen) atoms. The zero-order valence-electron chi connectivity index (χ0n) is 12.6. The van der Waals surface area contributed by atoms with Crippen LogP contribution in [0.5, 0.6) is 0 Å². The van der Waals surface area contributed by atoms with Crippen molar-refractivity contribution in [3.63, 3.8) is 0 Å².